The van der Waals surface area contributed by atoms with Crippen LogP contribution < -0.4 is 5.73 Å². The summed E-state index contributed by atoms with van der Waals surface area (Å²) in [6.07, 6.45) is 12.3. The van der Waals surface area contributed by atoms with Crippen molar-refractivity contribution >= 4 is 5.82 Å². The third kappa shape index (κ3) is 2.69. The van der Waals surface area contributed by atoms with Gasteiger partial charge in [0.1, 0.15) is 5.82 Å². The molecule has 1 aliphatic rings. The number of nitrogens with zero attached hydrogens (tertiary/aromatic N) is 3. The van der Waals surface area contributed by atoms with E-state index in [0.717, 1.165) is 17.8 Å². The van der Waals surface area contributed by atoms with Gasteiger partial charge in [0.25, 0.3) is 0 Å². The molecule has 0 saturated heterocycles. The normalized spacial score (nSPS) is 18.1. The molecule has 2 aromatic heterocycles. The van der Waals surface area contributed by atoms with Gasteiger partial charge in [-0.3, -0.25) is 0 Å². The average Bonchev–Trinajstić information content (AvgIpc) is 2.87. The highest BCUT2D eigenvalue weighted by atomic mass is 15.1. The van der Waals surface area contributed by atoms with Gasteiger partial charge >= 0.3 is 0 Å². The van der Waals surface area contributed by atoms with Gasteiger partial charge in [0.15, 0.2) is 0 Å². The van der Waals surface area contributed by atoms with E-state index in [1.807, 2.05) is 24.7 Å². The molecule has 2 aromatic rings. The number of hydrogen-bond donors (Lipinski definition) is 1. The number of nitrogens with two attached hydrogens (primary N) is 1. The monoisotopic (exact) mass is 270 g/mol. The van der Waals surface area contributed by atoms with E-state index < -0.39 is 0 Å². The molecule has 0 aliphatic heterocycles. The first-order valence-corrected chi connectivity index (χ1v) is 7.38. The zero-order chi connectivity index (χ0) is 14.0. The smallest absolute Gasteiger partial charge is 0.123 e. The van der Waals surface area contributed by atoms with Crippen LogP contribution in [0.5, 0.6) is 0 Å². The van der Waals surface area contributed by atoms with Crippen LogP contribution in [0.2, 0.25) is 0 Å². The molecule has 3 rings (SSSR count). The van der Waals surface area contributed by atoms with Crippen LogP contribution in [0.3, 0.4) is 0 Å². The van der Waals surface area contributed by atoms with Gasteiger partial charge in [0.2, 0.25) is 0 Å². The molecular weight excluding hydrogens is 248 g/mol. The highest BCUT2D eigenvalue weighted by molar-refractivity contribution is 5.61. The number of imidazole rings is 1. The molecule has 0 spiro atoms. The van der Waals surface area contributed by atoms with E-state index in [-0.39, 0.29) is 0 Å². The predicted molar refractivity (Wildman–Crippen MR) is 81.1 cm³/mol. The molecule has 4 nitrogen and oxygen atoms in total. The maximum Gasteiger partial charge on any atom is 0.123 e. The summed E-state index contributed by atoms with van der Waals surface area (Å²) >= 11 is 0. The van der Waals surface area contributed by atoms with E-state index >= 15 is 0 Å². The number of aromatic nitrogens is 3. The minimum Gasteiger partial charge on any atom is -0.384 e. The molecular formula is C16H22N4. The Morgan fingerprint density at radius 2 is 2.10 bits per heavy atom. The van der Waals surface area contributed by atoms with Gasteiger partial charge in [-0.1, -0.05) is 26.2 Å². The van der Waals surface area contributed by atoms with Crippen LogP contribution in [0.4, 0.5) is 5.82 Å². The van der Waals surface area contributed by atoms with E-state index in [2.05, 4.69) is 21.5 Å². The molecule has 0 bridgehead atoms. The van der Waals surface area contributed by atoms with Crippen molar-refractivity contribution in [2.75, 3.05) is 5.73 Å². The molecule has 0 radical (unpaired) electrons. The Labute approximate surface area is 120 Å². The van der Waals surface area contributed by atoms with Crippen molar-refractivity contribution in [3.8, 4) is 11.3 Å². The van der Waals surface area contributed by atoms with E-state index in [1.165, 1.54) is 32.1 Å². The zero-order valence-corrected chi connectivity index (χ0v) is 12.0. The van der Waals surface area contributed by atoms with Crippen molar-refractivity contribution in [1.82, 2.24) is 14.5 Å². The number of anilines is 1. The summed E-state index contributed by atoms with van der Waals surface area (Å²) in [5, 5.41) is 0. The minimum absolute atomic E-state index is 0.395. The topological polar surface area (TPSA) is 56.7 Å². The largest absolute Gasteiger partial charge is 0.384 e. The molecule has 0 amide bonds. The quantitative estimate of drug-likeness (QED) is 0.928. The molecule has 0 unspecified atom stereocenters. The Morgan fingerprint density at radius 3 is 2.85 bits per heavy atom. The Bertz CT molecular complexity index is 582. The summed E-state index contributed by atoms with van der Waals surface area (Å²) in [5.74, 6) is 0.555. The van der Waals surface area contributed by atoms with Gasteiger partial charge in [-0.15, -0.1) is 0 Å². The first kappa shape index (κ1) is 13.2. The highest BCUT2D eigenvalue weighted by Gasteiger charge is 2.27. The zero-order valence-electron chi connectivity index (χ0n) is 12.0. The number of nitrogen functional groups attached to an aromatic ring is 1. The third-order valence-corrected chi connectivity index (χ3v) is 4.40. The molecule has 0 atom stereocenters. The Balaban J connectivity index is 1.87. The van der Waals surface area contributed by atoms with Gasteiger partial charge < -0.3 is 10.3 Å². The second-order valence-electron chi connectivity index (χ2n) is 6.25. The van der Waals surface area contributed by atoms with Crippen LogP contribution in [-0.2, 0) is 6.54 Å². The molecule has 4 heteroatoms. The van der Waals surface area contributed by atoms with Crippen LogP contribution in [-0.4, -0.2) is 14.5 Å². The summed E-state index contributed by atoms with van der Waals surface area (Å²) < 4.78 is 2.26. The molecule has 1 aliphatic carbocycles. The van der Waals surface area contributed by atoms with Gasteiger partial charge in [0, 0.05) is 18.3 Å². The van der Waals surface area contributed by atoms with Crippen LogP contribution in [0.1, 0.15) is 39.0 Å². The molecule has 1 saturated carbocycles. The van der Waals surface area contributed by atoms with Crippen LogP contribution in [0, 0.1) is 5.41 Å². The standard InChI is InChI=1S/C16H22N4/c1-16(6-3-2-4-7-16)11-20-12-18-10-14(20)13-5-8-19-15(17)9-13/h5,8-10,12H,2-4,6-7,11H2,1H3,(H2,17,19). The number of pyridine rings is 1. The van der Waals surface area contributed by atoms with Gasteiger partial charge in [-0.05, 0) is 30.4 Å². The SMILES string of the molecule is CC1(Cn2cncc2-c2ccnc(N)c2)CCCCC1. The van der Waals surface area contributed by atoms with Crippen molar-refractivity contribution in [3.05, 3.63) is 30.9 Å². The van der Waals surface area contributed by atoms with Crippen molar-refractivity contribution in [1.29, 1.82) is 0 Å². The van der Waals surface area contributed by atoms with E-state index in [9.17, 15) is 0 Å². The Hall–Kier alpha value is -1.84. The van der Waals surface area contributed by atoms with E-state index in [0.29, 0.717) is 11.2 Å². The van der Waals surface area contributed by atoms with Crippen LogP contribution in [0.15, 0.2) is 30.9 Å². The van der Waals surface area contributed by atoms with Crippen LogP contribution >= 0.6 is 0 Å². The summed E-state index contributed by atoms with van der Waals surface area (Å²) in [7, 11) is 0. The fourth-order valence-electron chi connectivity index (χ4n) is 3.27. The lowest BCUT2D eigenvalue weighted by atomic mass is 9.75. The predicted octanol–water partition coefficient (Wildman–Crippen LogP) is 3.50. The lowest BCUT2D eigenvalue weighted by Crippen LogP contribution is -2.26. The summed E-state index contributed by atoms with van der Waals surface area (Å²) in [5.41, 5.74) is 8.40. The second kappa shape index (κ2) is 5.27. The lowest BCUT2D eigenvalue weighted by Gasteiger charge is -2.34. The number of hydrogen-bond acceptors (Lipinski definition) is 3. The van der Waals surface area contributed by atoms with Gasteiger partial charge in [-0.25, -0.2) is 9.97 Å². The van der Waals surface area contributed by atoms with Crippen molar-refractivity contribution < 1.29 is 0 Å². The van der Waals surface area contributed by atoms with E-state index in [4.69, 9.17) is 5.73 Å². The van der Waals surface area contributed by atoms with Crippen molar-refractivity contribution in [2.45, 2.75) is 45.6 Å². The molecule has 0 aromatic carbocycles. The fraction of sp³-hybridized carbons (Fsp3) is 0.500. The van der Waals surface area contributed by atoms with Gasteiger partial charge in [-0.2, -0.15) is 0 Å². The minimum atomic E-state index is 0.395. The molecule has 2 heterocycles. The first-order chi connectivity index (χ1) is 9.66. The Kier molecular flexibility index (Phi) is 3.47. The van der Waals surface area contributed by atoms with Gasteiger partial charge in [0.05, 0.1) is 18.2 Å². The van der Waals surface area contributed by atoms with Crippen molar-refractivity contribution in [3.63, 3.8) is 0 Å². The summed E-state index contributed by atoms with van der Waals surface area (Å²) in [4.78, 5) is 8.38. The molecule has 20 heavy (non-hydrogen) atoms. The lowest BCUT2D eigenvalue weighted by molar-refractivity contribution is 0.184. The van der Waals surface area contributed by atoms with Crippen LogP contribution in [0.25, 0.3) is 11.3 Å². The second-order valence-corrected chi connectivity index (χ2v) is 6.25. The molecule has 106 valence electrons. The molecule has 2 N–H and O–H groups in total. The summed E-state index contributed by atoms with van der Waals surface area (Å²) in [6, 6.07) is 3.91. The third-order valence-electron chi connectivity index (χ3n) is 4.40. The first-order valence-electron chi connectivity index (χ1n) is 7.38. The number of rotatable bonds is 3. The summed E-state index contributed by atoms with van der Waals surface area (Å²) in [6.45, 7) is 3.43. The molecule has 1 fully saturated rings. The fourth-order valence-corrected chi connectivity index (χ4v) is 3.27. The van der Waals surface area contributed by atoms with E-state index in [1.54, 1.807) is 6.20 Å². The maximum atomic E-state index is 5.78. The Morgan fingerprint density at radius 1 is 1.30 bits per heavy atom. The van der Waals surface area contributed by atoms with Crippen molar-refractivity contribution in [2.24, 2.45) is 5.41 Å². The highest BCUT2D eigenvalue weighted by Crippen LogP contribution is 2.38. The maximum absolute atomic E-state index is 5.78. The average molecular weight is 270 g/mol.